The van der Waals surface area contributed by atoms with Crippen molar-refractivity contribution < 1.29 is 14.6 Å². The highest BCUT2D eigenvalue weighted by molar-refractivity contribution is 5.98. The van der Waals surface area contributed by atoms with Crippen molar-refractivity contribution in [2.75, 3.05) is 19.7 Å². The first kappa shape index (κ1) is 27.5. The van der Waals surface area contributed by atoms with Crippen molar-refractivity contribution in [1.82, 2.24) is 20.6 Å². The van der Waals surface area contributed by atoms with Gasteiger partial charge in [-0.2, -0.15) is 0 Å². The quantitative estimate of drug-likeness (QED) is 0.326. The van der Waals surface area contributed by atoms with Gasteiger partial charge in [-0.1, -0.05) is 25.3 Å². The molecule has 9 heteroatoms. The van der Waals surface area contributed by atoms with Crippen molar-refractivity contribution in [3.05, 3.63) is 51.8 Å². The van der Waals surface area contributed by atoms with Crippen LogP contribution in [-0.2, 0) is 0 Å². The molecule has 1 aliphatic heterocycles. The van der Waals surface area contributed by atoms with Crippen LogP contribution in [0.1, 0.15) is 79.6 Å². The lowest BCUT2D eigenvalue weighted by molar-refractivity contribution is 0.0926. The number of piperidine rings is 1. The van der Waals surface area contributed by atoms with E-state index in [1.54, 1.807) is 18.2 Å². The molecule has 1 aromatic carbocycles. The molecule has 3 aromatic rings. The highest BCUT2D eigenvalue weighted by atomic mass is 35.5. The molecular weight excluding hydrogens is 516 g/mol. The fourth-order valence-electron chi connectivity index (χ4n) is 5.86. The summed E-state index contributed by atoms with van der Waals surface area (Å²) in [5.41, 5.74) is 2.18. The Kier molecular flexibility index (Phi) is 8.43. The molecule has 3 aliphatic rings. The van der Waals surface area contributed by atoms with Gasteiger partial charge in [-0.25, -0.2) is 4.98 Å². The van der Waals surface area contributed by atoms with Gasteiger partial charge in [0, 0.05) is 18.0 Å². The van der Waals surface area contributed by atoms with Gasteiger partial charge in [0.25, 0.3) is 11.5 Å². The number of aromatic amines is 1. The Morgan fingerprint density at radius 1 is 1.08 bits per heavy atom. The van der Waals surface area contributed by atoms with Gasteiger partial charge in [-0.05, 0) is 86.7 Å². The van der Waals surface area contributed by atoms with Crippen LogP contribution in [-0.4, -0.2) is 46.7 Å². The molecule has 1 atom stereocenters. The van der Waals surface area contributed by atoms with Crippen LogP contribution in [0.3, 0.4) is 0 Å². The third-order valence-corrected chi connectivity index (χ3v) is 8.21. The predicted molar refractivity (Wildman–Crippen MR) is 154 cm³/mol. The number of fused-ring (bicyclic) bond motifs is 1. The Hall–Kier alpha value is -3.10. The second kappa shape index (κ2) is 12.0. The molecule has 0 bridgehead atoms. The number of halogens is 1. The first-order valence-electron chi connectivity index (χ1n) is 14.1. The third kappa shape index (κ3) is 6.07. The average Bonchev–Trinajstić information content (AvgIpc) is 3.76. The summed E-state index contributed by atoms with van der Waals surface area (Å²) >= 11 is 0. The largest absolute Gasteiger partial charge is 0.507 e. The number of phenolic OH excluding ortho intramolecular Hbond substituents is 1. The van der Waals surface area contributed by atoms with E-state index >= 15 is 0 Å². The Labute approximate surface area is 234 Å². The van der Waals surface area contributed by atoms with Gasteiger partial charge in [0.15, 0.2) is 0 Å². The SMILES string of the molecule is Cl.O=C(NC1CCCCC1)c1cc2c(C3CCCNC3)cc(-c3c(O)cccc3OCC3CC3)nc2[nH]c1=O. The number of hydrogen-bond donors (Lipinski definition) is 4. The summed E-state index contributed by atoms with van der Waals surface area (Å²) in [6.45, 7) is 2.38. The summed E-state index contributed by atoms with van der Waals surface area (Å²) in [6.07, 6.45) is 9.65. The Balaban J connectivity index is 0.00000308. The van der Waals surface area contributed by atoms with Crippen molar-refractivity contribution in [3.63, 3.8) is 0 Å². The number of aromatic nitrogens is 2. The molecule has 0 spiro atoms. The van der Waals surface area contributed by atoms with Gasteiger partial charge in [0.1, 0.15) is 22.7 Å². The highest BCUT2D eigenvalue weighted by Gasteiger charge is 2.26. The molecule has 2 aliphatic carbocycles. The topological polar surface area (TPSA) is 116 Å². The lowest BCUT2D eigenvalue weighted by atomic mass is 9.88. The average molecular weight is 553 g/mol. The third-order valence-electron chi connectivity index (χ3n) is 8.21. The number of carbonyl (C=O) groups is 1. The molecule has 0 radical (unpaired) electrons. The monoisotopic (exact) mass is 552 g/mol. The van der Waals surface area contributed by atoms with Crippen molar-refractivity contribution in [2.45, 2.75) is 69.7 Å². The first-order valence-corrected chi connectivity index (χ1v) is 14.1. The van der Waals surface area contributed by atoms with Gasteiger partial charge >= 0.3 is 0 Å². The minimum absolute atomic E-state index is 0. The molecule has 2 aromatic heterocycles. The van der Waals surface area contributed by atoms with E-state index in [0.717, 1.165) is 62.6 Å². The summed E-state index contributed by atoms with van der Waals surface area (Å²) in [4.78, 5) is 34.0. The number of aromatic hydroxyl groups is 1. The van der Waals surface area contributed by atoms with E-state index in [1.807, 2.05) is 12.1 Å². The van der Waals surface area contributed by atoms with Gasteiger partial charge in [-0.3, -0.25) is 9.59 Å². The molecule has 1 amide bonds. The van der Waals surface area contributed by atoms with Crippen LogP contribution in [0, 0.1) is 5.92 Å². The molecule has 3 fully saturated rings. The standard InChI is InChI=1S/C30H36N4O4.ClH/c35-25-9-4-10-26(38-17-18-11-12-18)27(25)24-15-21(19-6-5-13-31-16-19)22-14-23(30(37)34-28(22)33-24)29(36)32-20-7-2-1-3-8-20;/h4,9-10,14-15,18-20,31,35H,1-3,5-8,11-13,16-17H2,(H,32,36)(H,33,34,37);1H. The minimum Gasteiger partial charge on any atom is -0.507 e. The van der Waals surface area contributed by atoms with Gasteiger partial charge < -0.3 is 25.5 Å². The van der Waals surface area contributed by atoms with Crippen LogP contribution in [0.15, 0.2) is 35.1 Å². The Morgan fingerprint density at radius 2 is 1.90 bits per heavy atom. The molecule has 3 heterocycles. The number of hydrogen-bond acceptors (Lipinski definition) is 6. The molecule has 6 rings (SSSR count). The van der Waals surface area contributed by atoms with Crippen LogP contribution in [0.2, 0.25) is 0 Å². The number of rotatable bonds is 7. The van der Waals surface area contributed by atoms with Gasteiger partial charge in [0.2, 0.25) is 0 Å². The van der Waals surface area contributed by atoms with Crippen LogP contribution >= 0.6 is 12.4 Å². The van der Waals surface area contributed by atoms with E-state index in [-0.39, 0.29) is 41.6 Å². The normalized spacial score (nSPS) is 19.8. The lowest BCUT2D eigenvalue weighted by Gasteiger charge is -2.25. The fraction of sp³-hybridized carbons (Fsp3) is 0.500. The highest BCUT2D eigenvalue weighted by Crippen LogP contribution is 2.41. The molecule has 1 unspecified atom stereocenters. The summed E-state index contributed by atoms with van der Waals surface area (Å²) in [7, 11) is 0. The minimum atomic E-state index is -0.453. The Morgan fingerprint density at radius 3 is 2.64 bits per heavy atom. The van der Waals surface area contributed by atoms with E-state index in [2.05, 4.69) is 15.6 Å². The zero-order valence-corrected chi connectivity index (χ0v) is 22.9. The molecule has 8 nitrogen and oxygen atoms in total. The smallest absolute Gasteiger partial charge is 0.262 e. The number of nitrogens with one attached hydrogen (secondary N) is 3. The zero-order chi connectivity index (χ0) is 26.1. The summed E-state index contributed by atoms with van der Waals surface area (Å²) in [5, 5.41) is 18.2. The van der Waals surface area contributed by atoms with E-state index < -0.39 is 5.56 Å². The van der Waals surface area contributed by atoms with E-state index in [0.29, 0.717) is 35.2 Å². The fourth-order valence-corrected chi connectivity index (χ4v) is 5.86. The van der Waals surface area contributed by atoms with Crippen molar-refractivity contribution >= 4 is 29.3 Å². The van der Waals surface area contributed by atoms with E-state index in [4.69, 9.17) is 9.72 Å². The maximum Gasteiger partial charge on any atom is 0.262 e. The maximum atomic E-state index is 13.2. The molecule has 4 N–H and O–H groups in total. The molecule has 2 saturated carbocycles. The molecular formula is C30H37ClN4O4. The second-order valence-electron chi connectivity index (χ2n) is 11.1. The number of nitrogens with zero attached hydrogens (tertiary/aromatic N) is 1. The van der Waals surface area contributed by atoms with Gasteiger partial charge in [-0.15, -0.1) is 12.4 Å². The predicted octanol–water partition coefficient (Wildman–Crippen LogP) is 5.04. The molecule has 39 heavy (non-hydrogen) atoms. The lowest BCUT2D eigenvalue weighted by Crippen LogP contribution is -2.38. The Bertz CT molecular complexity index is 1390. The van der Waals surface area contributed by atoms with Gasteiger partial charge in [0.05, 0.1) is 17.9 Å². The van der Waals surface area contributed by atoms with Crippen LogP contribution in [0.4, 0.5) is 0 Å². The number of phenols is 1. The summed E-state index contributed by atoms with van der Waals surface area (Å²) < 4.78 is 6.10. The number of amides is 1. The number of benzene rings is 1. The second-order valence-corrected chi connectivity index (χ2v) is 11.1. The molecule has 208 valence electrons. The van der Waals surface area contributed by atoms with Crippen molar-refractivity contribution in [3.8, 4) is 22.8 Å². The van der Waals surface area contributed by atoms with Crippen LogP contribution in [0.5, 0.6) is 11.5 Å². The van der Waals surface area contributed by atoms with Crippen LogP contribution in [0.25, 0.3) is 22.3 Å². The molecule has 1 saturated heterocycles. The zero-order valence-electron chi connectivity index (χ0n) is 22.1. The first-order chi connectivity index (χ1) is 18.6. The number of carbonyl (C=O) groups excluding carboxylic acids is 1. The maximum absolute atomic E-state index is 13.2. The summed E-state index contributed by atoms with van der Waals surface area (Å²) in [5.74, 6) is 1.10. The van der Waals surface area contributed by atoms with Crippen LogP contribution < -0.4 is 20.9 Å². The van der Waals surface area contributed by atoms with Crippen molar-refractivity contribution in [1.29, 1.82) is 0 Å². The number of H-pyrrole nitrogens is 1. The number of pyridine rings is 2. The number of ether oxygens (including phenoxy) is 1. The van der Waals surface area contributed by atoms with E-state index in [1.165, 1.54) is 19.3 Å². The summed E-state index contributed by atoms with van der Waals surface area (Å²) in [6, 6.07) is 9.08. The van der Waals surface area contributed by atoms with E-state index in [9.17, 15) is 14.7 Å². The van der Waals surface area contributed by atoms with Crippen molar-refractivity contribution in [2.24, 2.45) is 5.92 Å².